The lowest BCUT2D eigenvalue weighted by molar-refractivity contribution is -0.134. The minimum absolute atomic E-state index is 0.0631. The third-order valence-electron chi connectivity index (χ3n) is 9.02. The summed E-state index contributed by atoms with van der Waals surface area (Å²) in [6.45, 7) is 1.95. The van der Waals surface area contributed by atoms with Crippen molar-refractivity contribution in [2.75, 3.05) is 0 Å². The summed E-state index contributed by atoms with van der Waals surface area (Å²) in [6, 6.07) is 4.19. The lowest BCUT2D eigenvalue weighted by Crippen LogP contribution is -2.39. The van der Waals surface area contributed by atoms with E-state index in [2.05, 4.69) is 15.6 Å². The van der Waals surface area contributed by atoms with Crippen LogP contribution in [0.2, 0.25) is 0 Å². The van der Waals surface area contributed by atoms with E-state index in [-0.39, 0.29) is 80.6 Å². The number of pyridine rings is 1. The topological polar surface area (TPSA) is 101 Å². The van der Waals surface area contributed by atoms with Crippen molar-refractivity contribution in [3.63, 3.8) is 0 Å². The molecule has 3 aliphatic rings. The molecule has 0 spiro atoms. The molecule has 0 saturated heterocycles. The molecule has 0 bridgehead atoms. The maximum Gasteiger partial charge on any atom is 0.251 e. The van der Waals surface area contributed by atoms with Crippen molar-refractivity contribution in [1.82, 2.24) is 30.0 Å². The van der Waals surface area contributed by atoms with E-state index < -0.39 is 17.9 Å². The van der Waals surface area contributed by atoms with Gasteiger partial charge >= 0.3 is 0 Å². The Kier molecular flexibility index (Phi) is 7.89. The van der Waals surface area contributed by atoms with Gasteiger partial charge in [0.1, 0.15) is 0 Å². The van der Waals surface area contributed by atoms with Crippen molar-refractivity contribution >= 4 is 17.6 Å². The molecule has 8 nitrogen and oxygen atoms in total. The second-order valence-corrected chi connectivity index (χ2v) is 12.5. The molecule has 230 valence electrons. The van der Waals surface area contributed by atoms with Gasteiger partial charge in [-0.3, -0.25) is 19.0 Å². The number of halogens is 4. The maximum atomic E-state index is 14.0. The van der Waals surface area contributed by atoms with Gasteiger partial charge < -0.3 is 10.6 Å². The summed E-state index contributed by atoms with van der Waals surface area (Å²) in [5.74, 6) is -5.95. The van der Waals surface area contributed by atoms with Crippen molar-refractivity contribution in [3.05, 3.63) is 59.4 Å². The summed E-state index contributed by atoms with van der Waals surface area (Å²) in [7, 11) is 0. The van der Waals surface area contributed by atoms with Gasteiger partial charge in [-0.25, -0.2) is 27.5 Å². The van der Waals surface area contributed by atoms with Gasteiger partial charge in [0.2, 0.25) is 23.5 Å². The van der Waals surface area contributed by atoms with Crippen LogP contribution < -0.4 is 10.6 Å². The largest absolute Gasteiger partial charge is 0.347 e. The van der Waals surface area contributed by atoms with E-state index in [1.54, 1.807) is 41.2 Å². The monoisotopic (exact) mass is 600 g/mol. The van der Waals surface area contributed by atoms with Crippen LogP contribution in [-0.2, 0) is 11.2 Å². The van der Waals surface area contributed by atoms with E-state index in [9.17, 15) is 27.2 Å². The molecule has 0 unspecified atom stereocenters. The van der Waals surface area contributed by atoms with E-state index >= 15 is 0 Å². The van der Waals surface area contributed by atoms with Gasteiger partial charge in [-0.2, -0.15) is 0 Å². The van der Waals surface area contributed by atoms with Gasteiger partial charge in [-0.1, -0.05) is 6.92 Å². The minimum atomic E-state index is -2.72. The minimum Gasteiger partial charge on any atom is -0.347 e. The number of hydrogen-bond acceptors (Lipinski definition) is 5. The van der Waals surface area contributed by atoms with Crippen molar-refractivity contribution in [3.8, 4) is 0 Å². The molecular formula is C31H36F4N6O2. The number of aromatic nitrogens is 4. The Balaban J connectivity index is 1.23. The summed E-state index contributed by atoms with van der Waals surface area (Å²) in [5.41, 5.74) is 2.36. The number of carbonyl (C=O) groups is 2. The molecule has 3 aromatic rings. The van der Waals surface area contributed by atoms with E-state index in [0.717, 1.165) is 18.5 Å². The molecule has 3 aliphatic carbocycles. The van der Waals surface area contributed by atoms with Crippen LogP contribution in [0.4, 0.5) is 17.6 Å². The number of carbonyl (C=O) groups excluding carboxylic acids is 2. The summed E-state index contributed by atoms with van der Waals surface area (Å²) in [6.07, 6.45) is 7.16. The molecule has 2 amide bonds. The van der Waals surface area contributed by atoms with E-state index in [4.69, 9.17) is 9.97 Å². The van der Waals surface area contributed by atoms with Crippen LogP contribution in [0.15, 0.2) is 36.8 Å². The second-order valence-electron chi connectivity index (χ2n) is 12.5. The third kappa shape index (κ3) is 6.83. The van der Waals surface area contributed by atoms with Crippen LogP contribution in [0, 0.1) is 17.8 Å². The molecule has 0 aromatic carbocycles. The predicted molar refractivity (Wildman–Crippen MR) is 150 cm³/mol. The summed E-state index contributed by atoms with van der Waals surface area (Å²) in [5, 5.41) is 6.07. The lowest BCUT2D eigenvalue weighted by Gasteiger charge is -2.34. The zero-order chi connectivity index (χ0) is 30.4. The maximum absolute atomic E-state index is 14.0. The molecular weight excluding hydrogens is 564 g/mol. The first kappa shape index (κ1) is 29.5. The highest BCUT2D eigenvalue weighted by Gasteiger charge is 2.46. The third-order valence-corrected chi connectivity index (χ3v) is 9.02. The SMILES string of the molecule is CCc1cc(C(=O)N[C@H](c2cn3ccc([C@@H](NC(=O)CC4CC(F)(F)C4)C4CC4)nc3n2)C2CCC(F)(F)CC2)ccn1. The normalized spacial score (nSPS) is 21.6. The van der Waals surface area contributed by atoms with Crippen LogP contribution in [-0.4, -0.2) is 43.0 Å². The molecule has 0 radical (unpaired) electrons. The number of nitrogens with one attached hydrogen (secondary N) is 2. The Morgan fingerprint density at radius 1 is 0.953 bits per heavy atom. The zero-order valence-corrected chi connectivity index (χ0v) is 24.0. The molecule has 0 aliphatic heterocycles. The highest BCUT2D eigenvalue weighted by atomic mass is 19.3. The highest BCUT2D eigenvalue weighted by Crippen LogP contribution is 2.45. The fourth-order valence-corrected chi connectivity index (χ4v) is 6.38. The molecule has 6 rings (SSSR count). The average molecular weight is 601 g/mol. The van der Waals surface area contributed by atoms with Gasteiger partial charge in [0.05, 0.1) is 23.5 Å². The standard InChI is InChI=1S/C31H36F4N6O2/c1-2-22-14-21(7-11-36-22)28(43)40-27(20-5-9-30(32,33)10-6-20)24-17-41-12-8-23(37-29(41)38-24)26(19-3-4-19)39-25(42)13-18-15-31(34,35)16-18/h7-8,11-12,14,17-20,26-27H,2-6,9-10,13,15-16H2,1H3,(H,39,42)(H,40,43)/t26-,27-/m0/s1. The molecule has 12 heteroatoms. The number of amides is 2. The smallest absolute Gasteiger partial charge is 0.251 e. The van der Waals surface area contributed by atoms with E-state index in [1.807, 2.05) is 6.92 Å². The van der Waals surface area contributed by atoms with Crippen LogP contribution in [0.5, 0.6) is 0 Å². The second kappa shape index (κ2) is 11.5. The van der Waals surface area contributed by atoms with Crippen LogP contribution >= 0.6 is 0 Å². The summed E-state index contributed by atoms with van der Waals surface area (Å²) < 4.78 is 56.3. The first-order valence-corrected chi connectivity index (χ1v) is 15.1. The molecule has 43 heavy (non-hydrogen) atoms. The number of imidazole rings is 1. The van der Waals surface area contributed by atoms with E-state index in [0.29, 0.717) is 29.1 Å². The fourth-order valence-electron chi connectivity index (χ4n) is 6.38. The van der Waals surface area contributed by atoms with Crippen LogP contribution in [0.3, 0.4) is 0 Å². The highest BCUT2D eigenvalue weighted by molar-refractivity contribution is 5.94. The van der Waals surface area contributed by atoms with E-state index in [1.165, 1.54) is 0 Å². The zero-order valence-electron chi connectivity index (χ0n) is 24.0. The molecule has 2 atom stereocenters. The lowest BCUT2D eigenvalue weighted by atomic mass is 9.79. The van der Waals surface area contributed by atoms with Crippen molar-refractivity contribution in [1.29, 1.82) is 0 Å². The Hall–Kier alpha value is -3.57. The van der Waals surface area contributed by atoms with Gasteiger partial charge in [0.25, 0.3) is 5.91 Å². The Morgan fingerprint density at radius 2 is 1.63 bits per heavy atom. The molecule has 3 aromatic heterocycles. The Bertz CT molecular complexity index is 1490. The number of rotatable bonds is 10. The fraction of sp³-hybridized carbons (Fsp3) is 0.581. The molecule has 3 fully saturated rings. The van der Waals surface area contributed by atoms with Gasteiger partial charge in [0, 0.05) is 62.0 Å². The summed E-state index contributed by atoms with van der Waals surface area (Å²) >= 11 is 0. The van der Waals surface area contributed by atoms with Gasteiger partial charge in [-0.15, -0.1) is 0 Å². The number of aryl methyl sites for hydroxylation is 1. The Labute approximate surface area is 247 Å². The predicted octanol–water partition coefficient (Wildman–Crippen LogP) is 5.99. The molecule has 3 heterocycles. The first-order chi connectivity index (χ1) is 20.5. The number of fused-ring (bicyclic) bond motifs is 1. The molecule has 3 saturated carbocycles. The number of hydrogen-bond donors (Lipinski definition) is 2. The van der Waals surface area contributed by atoms with Gasteiger partial charge in [0.15, 0.2) is 0 Å². The van der Waals surface area contributed by atoms with Gasteiger partial charge in [-0.05, 0) is 68.1 Å². The number of alkyl halides is 4. The number of nitrogens with zero attached hydrogens (tertiary/aromatic N) is 4. The average Bonchev–Trinajstić information content (AvgIpc) is 3.71. The van der Waals surface area contributed by atoms with Crippen LogP contribution in [0.1, 0.15) is 104 Å². The summed E-state index contributed by atoms with van der Waals surface area (Å²) in [4.78, 5) is 39.8. The van der Waals surface area contributed by atoms with Crippen molar-refractivity contribution < 1.29 is 27.2 Å². The van der Waals surface area contributed by atoms with Crippen molar-refractivity contribution in [2.45, 2.75) is 95.1 Å². The quantitative estimate of drug-likeness (QED) is 0.279. The van der Waals surface area contributed by atoms with Crippen LogP contribution in [0.25, 0.3) is 5.78 Å². The Morgan fingerprint density at radius 3 is 2.30 bits per heavy atom. The van der Waals surface area contributed by atoms with Crippen molar-refractivity contribution in [2.24, 2.45) is 17.8 Å². The molecule has 2 N–H and O–H groups in total. The first-order valence-electron chi connectivity index (χ1n) is 15.1.